The zero-order valence-electron chi connectivity index (χ0n) is 18.3. The number of rotatable bonds is 8. The van der Waals surface area contributed by atoms with Gasteiger partial charge in [0.1, 0.15) is 5.54 Å². The average molecular weight is 427 g/mol. The van der Waals surface area contributed by atoms with E-state index >= 15 is 0 Å². The topological polar surface area (TPSA) is 81.8 Å². The second-order valence-electron chi connectivity index (χ2n) is 9.16. The number of urea groups is 1. The molecule has 0 bridgehead atoms. The molecule has 1 aromatic carbocycles. The lowest BCUT2D eigenvalue weighted by Crippen LogP contribution is -2.44. The van der Waals surface area contributed by atoms with E-state index in [-0.39, 0.29) is 17.8 Å². The Balaban J connectivity index is 1.22. The van der Waals surface area contributed by atoms with Crippen molar-refractivity contribution in [2.24, 2.45) is 0 Å². The van der Waals surface area contributed by atoms with Gasteiger partial charge in [-0.1, -0.05) is 43.5 Å². The van der Waals surface area contributed by atoms with Gasteiger partial charge in [0, 0.05) is 26.1 Å². The van der Waals surface area contributed by atoms with Crippen molar-refractivity contribution in [1.82, 2.24) is 20.4 Å². The van der Waals surface area contributed by atoms with Gasteiger partial charge in [-0.05, 0) is 56.3 Å². The van der Waals surface area contributed by atoms with E-state index in [1.165, 1.54) is 29.7 Å². The highest BCUT2D eigenvalue weighted by Crippen LogP contribution is 2.35. The number of carbonyl (C=O) groups excluding carboxylic acids is 3. The van der Waals surface area contributed by atoms with E-state index in [0.717, 1.165) is 50.9 Å². The zero-order valence-corrected chi connectivity index (χ0v) is 18.3. The van der Waals surface area contributed by atoms with Gasteiger partial charge in [0.15, 0.2) is 0 Å². The second-order valence-corrected chi connectivity index (χ2v) is 9.16. The van der Waals surface area contributed by atoms with E-state index in [0.29, 0.717) is 25.9 Å². The van der Waals surface area contributed by atoms with Gasteiger partial charge in [0.2, 0.25) is 5.91 Å². The molecule has 2 heterocycles. The lowest BCUT2D eigenvalue weighted by molar-refractivity contribution is -0.131. The Morgan fingerprint density at radius 1 is 1.00 bits per heavy atom. The standard InChI is InChI=1S/C24H34N4O3/c29-21(11-8-16-28-22(30)24(26-23(28)31)12-4-5-13-24)25-17-19-9-2-3-10-20(19)18-27-14-6-1-7-15-27/h2-3,9-10H,1,4-8,11-18H2,(H,25,29)(H,26,31). The second kappa shape index (κ2) is 9.81. The summed E-state index contributed by atoms with van der Waals surface area (Å²) in [5.41, 5.74) is 1.75. The fourth-order valence-electron chi connectivity index (χ4n) is 5.12. The number of likely N-dealkylation sites (tertiary alicyclic amines) is 1. The summed E-state index contributed by atoms with van der Waals surface area (Å²) in [6, 6.07) is 7.98. The van der Waals surface area contributed by atoms with E-state index in [2.05, 4.69) is 33.7 Å². The third kappa shape index (κ3) is 5.09. The first-order valence-corrected chi connectivity index (χ1v) is 11.8. The van der Waals surface area contributed by atoms with Crippen molar-refractivity contribution < 1.29 is 14.4 Å². The highest BCUT2D eigenvalue weighted by atomic mass is 16.2. The van der Waals surface area contributed by atoms with Crippen LogP contribution in [0.1, 0.15) is 68.9 Å². The molecular weight excluding hydrogens is 392 g/mol. The summed E-state index contributed by atoms with van der Waals surface area (Å²) in [4.78, 5) is 41.1. The van der Waals surface area contributed by atoms with Crippen LogP contribution in [0.4, 0.5) is 4.79 Å². The number of benzene rings is 1. The van der Waals surface area contributed by atoms with Gasteiger partial charge >= 0.3 is 6.03 Å². The third-order valence-electron chi connectivity index (χ3n) is 6.93. The fraction of sp³-hybridized carbons (Fsp3) is 0.625. The van der Waals surface area contributed by atoms with E-state index in [1.807, 2.05) is 6.07 Å². The van der Waals surface area contributed by atoms with Crippen molar-refractivity contribution in [3.8, 4) is 0 Å². The molecule has 4 rings (SSSR count). The molecule has 1 saturated carbocycles. The van der Waals surface area contributed by atoms with Gasteiger partial charge < -0.3 is 10.6 Å². The predicted molar refractivity (Wildman–Crippen MR) is 118 cm³/mol. The lowest BCUT2D eigenvalue weighted by Gasteiger charge is -2.27. The number of carbonyl (C=O) groups is 3. The molecule has 2 N–H and O–H groups in total. The smallest absolute Gasteiger partial charge is 0.325 e. The first-order chi connectivity index (χ1) is 15.1. The molecule has 7 heteroatoms. The molecule has 1 aliphatic carbocycles. The summed E-state index contributed by atoms with van der Waals surface area (Å²) in [7, 11) is 0. The highest BCUT2D eigenvalue weighted by molar-refractivity contribution is 6.07. The lowest BCUT2D eigenvalue weighted by atomic mass is 9.98. The molecular formula is C24H34N4O3. The van der Waals surface area contributed by atoms with Gasteiger partial charge in [0.25, 0.3) is 5.91 Å². The van der Waals surface area contributed by atoms with Crippen LogP contribution in [0.15, 0.2) is 24.3 Å². The Morgan fingerprint density at radius 3 is 2.45 bits per heavy atom. The minimum Gasteiger partial charge on any atom is -0.352 e. The zero-order chi connectivity index (χ0) is 21.7. The normalized spacial score (nSPS) is 21.0. The number of hydrogen-bond donors (Lipinski definition) is 2. The Kier molecular flexibility index (Phi) is 6.90. The highest BCUT2D eigenvalue weighted by Gasteiger charge is 2.52. The Labute approximate surface area is 184 Å². The monoisotopic (exact) mass is 426 g/mol. The predicted octanol–water partition coefficient (Wildman–Crippen LogP) is 2.93. The minimum atomic E-state index is -0.669. The first kappa shape index (κ1) is 21.8. The number of imide groups is 1. The van der Waals surface area contributed by atoms with Gasteiger partial charge in [-0.3, -0.25) is 19.4 Å². The summed E-state index contributed by atoms with van der Waals surface area (Å²) in [5.74, 6) is -0.155. The number of nitrogens with zero attached hydrogens (tertiary/aromatic N) is 2. The SMILES string of the molecule is O=C(CCCN1C(=O)NC2(CCCC2)C1=O)NCc1ccccc1CN1CCCCC1. The molecule has 3 aliphatic rings. The van der Waals surface area contributed by atoms with E-state index in [9.17, 15) is 14.4 Å². The Hall–Kier alpha value is -2.41. The van der Waals surface area contributed by atoms with Crippen LogP contribution in [0.3, 0.4) is 0 Å². The molecule has 0 unspecified atom stereocenters. The van der Waals surface area contributed by atoms with Gasteiger partial charge in [0.05, 0.1) is 0 Å². The summed E-state index contributed by atoms with van der Waals surface area (Å²) < 4.78 is 0. The summed E-state index contributed by atoms with van der Waals surface area (Å²) >= 11 is 0. The van der Waals surface area contributed by atoms with E-state index < -0.39 is 5.54 Å². The van der Waals surface area contributed by atoms with Crippen LogP contribution < -0.4 is 10.6 Å². The number of nitrogens with one attached hydrogen (secondary N) is 2. The van der Waals surface area contributed by atoms with Crippen molar-refractivity contribution in [2.75, 3.05) is 19.6 Å². The summed E-state index contributed by atoms with van der Waals surface area (Å²) in [6.45, 7) is 4.02. The van der Waals surface area contributed by atoms with Crippen LogP contribution in [0.25, 0.3) is 0 Å². The Bertz CT molecular complexity index is 813. The van der Waals surface area contributed by atoms with Crippen molar-refractivity contribution in [3.63, 3.8) is 0 Å². The van der Waals surface area contributed by atoms with Crippen LogP contribution in [0.2, 0.25) is 0 Å². The third-order valence-corrected chi connectivity index (χ3v) is 6.93. The van der Waals surface area contributed by atoms with Crippen molar-refractivity contribution >= 4 is 17.8 Å². The molecule has 3 fully saturated rings. The van der Waals surface area contributed by atoms with Crippen LogP contribution >= 0.6 is 0 Å². The van der Waals surface area contributed by atoms with Crippen molar-refractivity contribution in [3.05, 3.63) is 35.4 Å². The molecule has 1 spiro atoms. The van der Waals surface area contributed by atoms with Gasteiger partial charge in [-0.15, -0.1) is 0 Å². The maximum absolute atomic E-state index is 12.7. The maximum atomic E-state index is 12.7. The van der Waals surface area contributed by atoms with E-state index in [4.69, 9.17) is 0 Å². The molecule has 1 aromatic rings. The average Bonchev–Trinajstić information content (AvgIpc) is 3.34. The van der Waals surface area contributed by atoms with Crippen LogP contribution in [-0.2, 0) is 22.7 Å². The minimum absolute atomic E-state index is 0.0459. The van der Waals surface area contributed by atoms with Crippen molar-refractivity contribution in [2.45, 2.75) is 76.4 Å². The maximum Gasteiger partial charge on any atom is 0.325 e. The molecule has 2 saturated heterocycles. The van der Waals surface area contributed by atoms with Crippen LogP contribution in [0.5, 0.6) is 0 Å². The first-order valence-electron chi connectivity index (χ1n) is 11.8. The van der Waals surface area contributed by atoms with Crippen LogP contribution in [0, 0.1) is 0 Å². The molecule has 0 atom stereocenters. The summed E-state index contributed by atoms with van der Waals surface area (Å²) in [6.07, 6.45) is 8.03. The quantitative estimate of drug-likeness (QED) is 0.626. The molecule has 0 aromatic heterocycles. The van der Waals surface area contributed by atoms with Crippen LogP contribution in [-0.4, -0.2) is 52.8 Å². The largest absolute Gasteiger partial charge is 0.352 e. The summed E-state index contributed by atoms with van der Waals surface area (Å²) in [5, 5.41) is 5.90. The molecule has 0 radical (unpaired) electrons. The Morgan fingerprint density at radius 2 is 1.71 bits per heavy atom. The molecule has 2 aliphatic heterocycles. The fourth-order valence-corrected chi connectivity index (χ4v) is 5.12. The number of hydrogen-bond acceptors (Lipinski definition) is 4. The molecule has 168 valence electrons. The molecule has 7 nitrogen and oxygen atoms in total. The molecule has 4 amide bonds. The van der Waals surface area contributed by atoms with Gasteiger partial charge in [-0.25, -0.2) is 4.79 Å². The van der Waals surface area contributed by atoms with Gasteiger partial charge in [-0.2, -0.15) is 0 Å². The number of amides is 4. The number of piperidine rings is 1. The van der Waals surface area contributed by atoms with Crippen molar-refractivity contribution in [1.29, 1.82) is 0 Å². The molecule has 31 heavy (non-hydrogen) atoms. The van der Waals surface area contributed by atoms with E-state index in [1.54, 1.807) is 0 Å².